The van der Waals surface area contributed by atoms with E-state index in [0.717, 1.165) is 31.5 Å². The summed E-state index contributed by atoms with van der Waals surface area (Å²) < 4.78 is 33.2. The van der Waals surface area contributed by atoms with E-state index < -0.39 is 10.0 Å². The molecule has 6 heteroatoms. The number of benzene rings is 1. The van der Waals surface area contributed by atoms with Crippen LogP contribution in [0.25, 0.3) is 0 Å². The molecule has 1 aliphatic heterocycles. The second kappa shape index (κ2) is 8.60. The Morgan fingerprint density at radius 1 is 1.19 bits per heavy atom. The van der Waals surface area contributed by atoms with Crippen molar-refractivity contribution in [3.8, 4) is 0 Å². The molecule has 1 heterocycles. The number of hydrogen-bond acceptors (Lipinski definition) is 4. The number of unbranched alkanes of at least 4 members (excludes halogenated alkanes) is 3. The van der Waals surface area contributed by atoms with E-state index in [0.29, 0.717) is 16.7 Å². The largest absolute Gasteiger partial charge is 0.373 e. The molecule has 1 aromatic rings. The fourth-order valence-electron chi connectivity index (χ4n) is 5.21. The molecule has 0 amide bonds. The summed E-state index contributed by atoms with van der Waals surface area (Å²) in [6, 6.07) is 7.36. The van der Waals surface area contributed by atoms with Gasteiger partial charge in [-0.15, -0.1) is 0 Å². The second-order valence-corrected chi connectivity index (χ2v) is 9.91. The van der Waals surface area contributed by atoms with E-state index in [1.54, 1.807) is 13.2 Å². The number of nitrogens with one attached hydrogen (secondary N) is 1. The number of fused-ring (bicyclic) bond motifs is 2. The van der Waals surface area contributed by atoms with Gasteiger partial charge in [0, 0.05) is 32.0 Å². The van der Waals surface area contributed by atoms with Crippen LogP contribution in [0, 0.1) is 11.8 Å². The third kappa shape index (κ3) is 3.95. The van der Waals surface area contributed by atoms with Crippen LogP contribution in [0.15, 0.2) is 29.2 Å². The summed E-state index contributed by atoms with van der Waals surface area (Å²) >= 11 is 0. The van der Waals surface area contributed by atoms with E-state index in [1.807, 2.05) is 18.2 Å². The van der Waals surface area contributed by atoms with Crippen molar-refractivity contribution in [2.75, 3.05) is 33.8 Å². The summed E-state index contributed by atoms with van der Waals surface area (Å²) in [6.07, 6.45) is 7.45. The van der Waals surface area contributed by atoms with Crippen LogP contribution >= 0.6 is 0 Å². The van der Waals surface area contributed by atoms with Gasteiger partial charge in [-0.3, -0.25) is 0 Å². The average molecular weight is 395 g/mol. The molecular formula is C21H34N2O3S. The van der Waals surface area contributed by atoms with Crippen molar-refractivity contribution in [2.24, 2.45) is 11.8 Å². The zero-order chi connectivity index (χ0) is 19.5. The standard InChI is InChI=1S/C21H34N2O3S/c1-4-5-6-7-13-23-15-18-11-12-19(16-23)21(18,26-3)17-9-8-10-20(14-17)27(24,25)22-2/h8-10,14,18-19,22H,4-7,11-13,15-16H2,1-3H3. The Hall–Kier alpha value is -0.950. The molecule has 3 rings (SSSR count). The van der Waals surface area contributed by atoms with E-state index in [1.165, 1.54) is 39.3 Å². The Morgan fingerprint density at radius 2 is 1.89 bits per heavy atom. The smallest absolute Gasteiger partial charge is 0.240 e. The molecule has 0 spiro atoms. The molecule has 2 bridgehead atoms. The Bertz CT molecular complexity index is 721. The molecule has 1 saturated carbocycles. The van der Waals surface area contributed by atoms with Crippen molar-refractivity contribution in [3.05, 3.63) is 29.8 Å². The van der Waals surface area contributed by atoms with Gasteiger partial charge in [0.25, 0.3) is 0 Å². The maximum Gasteiger partial charge on any atom is 0.240 e. The lowest BCUT2D eigenvalue weighted by Gasteiger charge is -2.47. The van der Waals surface area contributed by atoms with Crippen molar-refractivity contribution in [1.82, 2.24) is 9.62 Å². The molecule has 1 saturated heterocycles. The highest BCUT2D eigenvalue weighted by Gasteiger charge is 2.55. The van der Waals surface area contributed by atoms with Gasteiger partial charge in [0.1, 0.15) is 5.60 Å². The third-order valence-corrected chi connectivity index (χ3v) is 7.98. The predicted molar refractivity (Wildman–Crippen MR) is 108 cm³/mol. The summed E-state index contributed by atoms with van der Waals surface area (Å²) in [5.74, 6) is 0.833. The third-order valence-electron chi connectivity index (χ3n) is 6.56. The van der Waals surface area contributed by atoms with Gasteiger partial charge in [0.05, 0.1) is 4.90 Å². The van der Waals surface area contributed by atoms with Crippen LogP contribution in [0.5, 0.6) is 0 Å². The van der Waals surface area contributed by atoms with E-state index in [4.69, 9.17) is 4.74 Å². The Morgan fingerprint density at radius 3 is 2.48 bits per heavy atom. The highest BCUT2D eigenvalue weighted by Crippen LogP contribution is 2.53. The van der Waals surface area contributed by atoms with E-state index in [-0.39, 0.29) is 5.60 Å². The van der Waals surface area contributed by atoms with Gasteiger partial charge in [-0.2, -0.15) is 0 Å². The lowest BCUT2D eigenvalue weighted by molar-refractivity contribution is -0.119. The summed E-state index contributed by atoms with van der Waals surface area (Å²) in [7, 11) is -0.207. The van der Waals surface area contributed by atoms with Gasteiger partial charge >= 0.3 is 0 Å². The SMILES string of the molecule is CCCCCCN1CC2CCC(C1)C2(OC)c1cccc(S(=O)(=O)NC)c1. The number of rotatable bonds is 9. The van der Waals surface area contributed by atoms with Crippen LogP contribution in [0.2, 0.25) is 0 Å². The predicted octanol–water partition coefficient (Wildman–Crippen LogP) is 3.36. The fourth-order valence-corrected chi connectivity index (χ4v) is 5.98. The van der Waals surface area contributed by atoms with Crippen molar-refractivity contribution in [3.63, 3.8) is 0 Å². The quantitative estimate of drug-likeness (QED) is 0.653. The van der Waals surface area contributed by atoms with Gasteiger partial charge in [-0.1, -0.05) is 38.3 Å². The van der Waals surface area contributed by atoms with E-state index in [2.05, 4.69) is 16.5 Å². The first-order valence-corrected chi connectivity index (χ1v) is 11.8. The molecule has 1 aliphatic carbocycles. The first kappa shape index (κ1) is 20.8. The normalized spacial score (nSPS) is 28.6. The highest BCUT2D eigenvalue weighted by molar-refractivity contribution is 7.89. The zero-order valence-corrected chi connectivity index (χ0v) is 17.7. The second-order valence-electron chi connectivity index (χ2n) is 8.02. The lowest BCUT2D eigenvalue weighted by Crippen LogP contribution is -2.53. The molecule has 2 fully saturated rings. The number of sulfonamides is 1. The van der Waals surface area contributed by atoms with Gasteiger partial charge in [-0.25, -0.2) is 13.1 Å². The van der Waals surface area contributed by atoms with Crippen LogP contribution in [-0.2, 0) is 20.4 Å². The molecule has 152 valence electrons. The van der Waals surface area contributed by atoms with E-state index in [9.17, 15) is 8.42 Å². The molecule has 1 N–H and O–H groups in total. The molecule has 1 aromatic carbocycles. The molecule has 2 unspecified atom stereocenters. The molecule has 2 atom stereocenters. The summed E-state index contributed by atoms with van der Waals surface area (Å²) in [5.41, 5.74) is 0.651. The lowest BCUT2D eigenvalue weighted by atomic mass is 9.75. The van der Waals surface area contributed by atoms with E-state index >= 15 is 0 Å². The summed E-state index contributed by atoms with van der Waals surface area (Å²) in [4.78, 5) is 2.92. The first-order chi connectivity index (χ1) is 13.0. The maximum atomic E-state index is 12.3. The number of ether oxygens (including phenoxy) is 1. The van der Waals surface area contributed by atoms with Crippen LogP contribution in [0.1, 0.15) is 51.0 Å². The van der Waals surface area contributed by atoms with Crippen LogP contribution in [0.3, 0.4) is 0 Å². The zero-order valence-electron chi connectivity index (χ0n) is 16.9. The maximum absolute atomic E-state index is 12.3. The van der Waals surface area contributed by atoms with Crippen molar-refractivity contribution >= 4 is 10.0 Å². The van der Waals surface area contributed by atoms with Gasteiger partial charge in [0.2, 0.25) is 10.0 Å². The summed E-state index contributed by atoms with van der Waals surface area (Å²) in [5, 5.41) is 0. The minimum atomic E-state index is -3.45. The minimum absolute atomic E-state index is 0.320. The van der Waals surface area contributed by atoms with Crippen molar-refractivity contribution in [2.45, 2.75) is 55.9 Å². The van der Waals surface area contributed by atoms with Gasteiger partial charge in [-0.05, 0) is 50.6 Å². The number of methoxy groups -OCH3 is 1. The number of nitrogens with zero attached hydrogens (tertiary/aromatic N) is 1. The molecule has 0 aromatic heterocycles. The number of piperidine rings is 1. The number of hydrogen-bond donors (Lipinski definition) is 1. The fraction of sp³-hybridized carbons (Fsp3) is 0.714. The van der Waals surface area contributed by atoms with Crippen LogP contribution < -0.4 is 4.72 Å². The molecule has 5 nitrogen and oxygen atoms in total. The summed E-state index contributed by atoms with van der Waals surface area (Å²) in [6.45, 7) is 5.50. The Balaban J connectivity index is 1.82. The average Bonchev–Trinajstić information content (AvgIpc) is 2.88. The van der Waals surface area contributed by atoms with Crippen molar-refractivity contribution in [1.29, 1.82) is 0 Å². The van der Waals surface area contributed by atoms with Crippen molar-refractivity contribution < 1.29 is 13.2 Å². The van der Waals surface area contributed by atoms with Gasteiger partial charge < -0.3 is 9.64 Å². The molecule has 2 aliphatic rings. The minimum Gasteiger partial charge on any atom is -0.373 e. The molecule has 0 radical (unpaired) electrons. The Labute approximate surface area is 164 Å². The molecular weight excluding hydrogens is 360 g/mol. The topological polar surface area (TPSA) is 58.6 Å². The first-order valence-electron chi connectivity index (χ1n) is 10.3. The Kier molecular flexibility index (Phi) is 6.62. The van der Waals surface area contributed by atoms with Crippen LogP contribution in [-0.4, -0.2) is 47.1 Å². The number of likely N-dealkylation sites (tertiary alicyclic amines) is 1. The monoisotopic (exact) mass is 394 g/mol. The highest BCUT2D eigenvalue weighted by atomic mass is 32.2. The van der Waals surface area contributed by atoms with Crippen LogP contribution in [0.4, 0.5) is 0 Å². The molecule has 27 heavy (non-hydrogen) atoms. The van der Waals surface area contributed by atoms with Gasteiger partial charge in [0.15, 0.2) is 0 Å².